The quantitative estimate of drug-likeness (QED) is 0.843. The van der Waals surface area contributed by atoms with Crippen LogP contribution in [0.1, 0.15) is 51.7 Å². The second-order valence-electron chi connectivity index (χ2n) is 6.46. The highest BCUT2D eigenvalue weighted by Crippen LogP contribution is 2.25. The monoisotopic (exact) mass is 251 g/mol. The Labute approximate surface area is 111 Å². The second kappa shape index (κ2) is 5.83. The minimum Gasteiger partial charge on any atom is -0.312 e. The molecule has 1 aromatic rings. The van der Waals surface area contributed by atoms with E-state index in [2.05, 4.69) is 46.0 Å². The molecule has 0 aliphatic carbocycles. The van der Waals surface area contributed by atoms with Gasteiger partial charge in [-0.25, -0.2) is 4.39 Å². The Morgan fingerprint density at radius 2 is 1.78 bits per heavy atom. The molecule has 0 radical (unpaired) electrons. The van der Waals surface area contributed by atoms with Crippen molar-refractivity contribution >= 4 is 0 Å². The van der Waals surface area contributed by atoms with E-state index >= 15 is 0 Å². The van der Waals surface area contributed by atoms with Crippen LogP contribution in [0.25, 0.3) is 0 Å². The number of benzene rings is 1. The van der Waals surface area contributed by atoms with Crippen molar-refractivity contribution in [2.45, 2.75) is 53.0 Å². The molecule has 0 amide bonds. The standard InChI is InChI=1S/C16H26FN/c1-11-7-14(9-15(17)8-11)13(3)12(2)10-18-16(4,5)6/h7-9,12-13,18H,10H2,1-6H3. The number of rotatable bonds is 4. The summed E-state index contributed by atoms with van der Waals surface area (Å²) in [6.07, 6.45) is 0. The third-order valence-electron chi connectivity index (χ3n) is 3.40. The van der Waals surface area contributed by atoms with Gasteiger partial charge in [0.25, 0.3) is 0 Å². The molecule has 1 aromatic carbocycles. The van der Waals surface area contributed by atoms with Crippen molar-refractivity contribution in [2.24, 2.45) is 5.92 Å². The van der Waals surface area contributed by atoms with Crippen molar-refractivity contribution in [3.63, 3.8) is 0 Å². The van der Waals surface area contributed by atoms with Crippen LogP contribution in [0.3, 0.4) is 0 Å². The summed E-state index contributed by atoms with van der Waals surface area (Å²) in [5, 5.41) is 3.51. The highest BCUT2D eigenvalue weighted by Gasteiger charge is 2.18. The zero-order chi connectivity index (χ0) is 13.9. The van der Waals surface area contributed by atoms with Crippen molar-refractivity contribution in [1.29, 1.82) is 0 Å². The first-order chi connectivity index (χ1) is 8.19. The molecule has 0 heterocycles. The van der Waals surface area contributed by atoms with E-state index in [1.165, 1.54) is 0 Å². The first kappa shape index (κ1) is 15.2. The number of halogens is 1. The maximum Gasteiger partial charge on any atom is 0.123 e. The highest BCUT2D eigenvalue weighted by molar-refractivity contribution is 5.26. The Morgan fingerprint density at radius 3 is 2.28 bits per heavy atom. The van der Waals surface area contributed by atoms with E-state index in [4.69, 9.17) is 0 Å². The molecule has 2 atom stereocenters. The molecular formula is C16H26FN. The molecule has 102 valence electrons. The molecule has 1 rings (SSSR count). The largest absolute Gasteiger partial charge is 0.312 e. The lowest BCUT2D eigenvalue weighted by Crippen LogP contribution is -2.39. The lowest BCUT2D eigenvalue weighted by Gasteiger charge is -2.27. The normalized spacial score (nSPS) is 15.5. The topological polar surface area (TPSA) is 12.0 Å². The summed E-state index contributed by atoms with van der Waals surface area (Å²) in [6.45, 7) is 13.8. The Balaban J connectivity index is 2.71. The van der Waals surface area contributed by atoms with E-state index in [0.717, 1.165) is 17.7 Å². The summed E-state index contributed by atoms with van der Waals surface area (Å²) in [4.78, 5) is 0. The first-order valence-electron chi connectivity index (χ1n) is 6.71. The number of hydrogen-bond acceptors (Lipinski definition) is 1. The van der Waals surface area contributed by atoms with Crippen molar-refractivity contribution in [2.75, 3.05) is 6.54 Å². The van der Waals surface area contributed by atoms with Gasteiger partial charge in [0.2, 0.25) is 0 Å². The zero-order valence-electron chi connectivity index (χ0n) is 12.5. The third kappa shape index (κ3) is 4.77. The molecule has 0 aromatic heterocycles. The Morgan fingerprint density at radius 1 is 1.17 bits per heavy atom. The Bertz CT molecular complexity index is 372. The predicted molar refractivity (Wildman–Crippen MR) is 76.5 cm³/mol. The lowest BCUT2D eigenvalue weighted by molar-refractivity contribution is 0.359. The fraction of sp³-hybridized carbons (Fsp3) is 0.625. The Hall–Kier alpha value is -0.890. The minimum atomic E-state index is -0.132. The van der Waals surface area contributed by atoms with Crippen LogP contribution in [0.4, 0.5) is 4.39 Å². The summed E-state index contributed by atoms with van der Waals surface area (Å²) in [6, 6.07) is 5.32. The number of aryl methyl sites for hydroxylation is 1. The number of nitrogens with one attached hydrogen (secondary N) is 1. The molecule has 0 aliphatic rings. The van der Waals surface area contributed by atoms with Gasteiger partial charge in [-0.05, 0) is 69.3 Å². The molecule has 18 heavy (non-hydrogen) atoms. The van der Waals surface area contributed by atoms with Crippen LogP contribution in [-0.4, -0.2) is 12.1 Å². The molecule has 1 N–H and O–H groups in total. The summed E-state index contributed by atoms with van der Waals surface area (Å²) >= 11 is 0. The van der Waals surface area contributed by atoms with Gasteiger partial charge in [0.1, 0.15) is 5.82 Å². The fourth-order valence-corrected chi connectivity index (χ4v) is 2.00. The van der Waals surface area contributed by atoms with E-state index < -0.39 is 0 Å². The van der Waals surface area contributed by atoms with Crippen molar-refractivity contribution in [3.05, 3.63) is 35.1 Å². The lowest BCUT2D eigenvalue weighted by atomic mass is 9.87. The van der Waals surface area contributed by atoms with E-state index in [-0.39, 0.29) is 11.4 Å². The molecule has 0 bridgehead atoms. The number of hydrogen-bond donors (Lipinski definition) is 1. The minimum absolute atomic E-state index is 0.131. The van der Waals surface area contributed by atoms with Gasteiger partial charge in [-0.3, -0.25) is 0 Å². The van der Waals surface area contributed by atoms with Crippen LogP contribution < -0.4 is 5.32 Å². The van der Waals surface area contributed by atoms with Crippen molar-refractivity contribution in [3.8, 4) is 0 Å². The first-order valence-corrected chi connectivity index (χ1v) is 6.71. The fourth-order valence-electron chi connectivity index (χ4n) is 2.00. The summed E-state index contributed by atoms with van der Waals surface area (Å²) in [7, 11) is 0. The van der Waals surface area contributed by atoms with Gasteiger partial charge in [-0.1, -0.05) is 19.9 Å². The van der Waals surface area contributed by atoms with Crippen molar-refractivity contribution in [1.82, 2.24) is 5.32 Å². The molecule has 0 fully saturated rings. The third-order valence-corrected chi connectivity index (χ3v) is 3.40. The van der Waals surface area contributed by atoms with E-state index in [1.807, 2.05) is 6.92 Å². The van der Waals surface area contributed by atoms with Gasteiger partial charge in [0.05, 0.1) is 0 Å². The highest BCUT2D eigenvalue weighted by atomic mass is 19.1. The molecule has 0 aliphatic heterocycles. The average molecular weight is 251 g/mol. The van der Waals surface area contributed by atoms with Gasteiger partial charge in [-0.15, -0.1) is 0 Å². The average Bonchev–Trinajstić information content (AvgIpc) is 2.22. The molecule has 1 nitrogen and oxygen atoms in total. The van der Waals surface area contributed by atoms with Gasteiger partial charge < -0.3 is 5.32 Å². The molecule has 0 spiro atoms. The van der Waals surface area contributed by atoms with Gasteiger partial charge in [0.15, 0.2) is 0 Å². The van der Waals surface area contributed by atoms with E-state index in [1.54, 1.807) is 12.1 Å². The van der Waals surface area contributed by atoms with Gasteiger partial charge >= 0.3 is 0 Å². The zero-order valence-corrected chi connectivity index (χ0v) is 12.5. The van der Waals surface area contributed by atoms with E-state index in [9.17, 15) is 4.39 Å². The maximum absolute atomic E-state index is 13.4. The second-order valence-corrected chi connectivity index (χ2v) is 6.46. The van der Waals surface area contributed by atoms with E-state index in [0.29, 0.717) is 11.8 Å². The SMILES string of the molecule is Cc1cc(F)cc(C(C)C(C)CNC(C)(C)C)c1. The van der Waals surface area contributed by atoms with Crippen LogP contribution in [0, 0.1) is 18.7 Å². The van der Waals surface area contributed by atoms with Crippen molar-refractivity contribution < 1.29 is 4.39 Å². The van der Waals surface area contributed by atoms with Crippen LogP contribution in [-0.2, 0) is 0 Å². The predicted octanol–water partition coefficient (Wildman–Crippen LogP) is 4.26. The van der Waals surface area contributed by atoms with Crippen LogP contribution >= 0.6 is 0 Å². The molecule has 0 saturated carbocycles. The molecule has 2 unspecified atom stereocenters. The summed E-state index contributed by atoms with van der Waals surface area (Å²) < 4.78 is 13.4. The maximum atomic E-state index is 13.4. The Kier molecular flexibility index (Phi) is 4.92. The van der Waals surface area contributed by atoms with Crippen LogP contribution in [0.15, 0.2) is 18.2 Å². The van der Waals surface area contributed by atoms with Gasteiger partial charge in [-0.2, -0.15) is 0 Å². The smallest absolute Gasteiger partial charge is 0.123 e. The molecular weight excluding hydrogens is 225 g/mol. The molecule has 0 saturated heterocycles. The summed E-state index contributed by atoms with van der Waals surface area (Å²) in [5.41, 5.74) is 2.22. The van der Waals surface area contributed by atoms with Crippen LogP contribution in [0.2, 0.25) is 0 Å². The van der Waals surface area contributed by atoms with Crippen LogP contribution in [0.5, 0.6) is 0 Å². The molecule has 2 heteroatoms. The van der Waals surface area contributed by atoms with Gasteiger partial charge in [0, 0.05) is 5.54 Å². The summed E-state index contributed by atoms with van der Waals surface area (Å²) in [5.74, 6) is 0.701.